The molecule has 0 saturated carbocycles. The van der Waals surface area contributed by atoms with Crippen LogP contribution in [0.2, 0.25) is 0 Å². The molecule has 0 aliphatic heterocycles. The molecular weight excluding hydrogens is 232 g/mol. The van der Waals surface area contributed by atoms with Gasteiger partial charge in [-0.2, -0.15) is 0 Å². The molecule has 0 atom stereocenters. The molecule has 1 aromatic rings. The van der Waals surface area contributed by atoms with Crippen LogP contribution in [-0.2, 0) is 9.53 Å². The van der Waals surface area contributed by atoms with Crippen molar-refractivity contribution < 1.29 is 14.3 Å². The number of anilines is 1. The molecule has 0 aromatic heterocycles. The molecule has 0 bridgehead atoms. The highest BCUT2D eigenvalue weighted by atomic mass is 16.5. The van der Waals surface area contributed by atoms with E-state index < -0.39 is 0 Å². The van der Waals surface area contributed by atoms with Crippen LogP contribution in [0.25, 0.3) is 0 Å². The van der Waals surface area contributed by atoms with E-state index in [1.54, 1.807) is 25.3 Å². The van der Waals surface area contributed by atoms with Gasteiger partial charge in [0.1, 0.15) is 0 Å². The maximum absolute atomic E-state index is 11.4. The smallest absolute Gasteiger partial charge is 0.239 e. The van der Waals surface area contributed by atoms with E-state index >= 15 is 0 Å². The van der Waals surface area contributed by atoms with Crippen LogP contribution in [0.4, 0.5) is 5.69 Å². The monoisotopic (exact) mass is 250 g/mol. The van der Waals surface area contributed by atoms with E-state index in [9.17, 15) is 9.59 Å². The first-order valence-corrected chi connectivity index (χ1v) is 5.74. The van der Waals surface area contributed by atoms with E-state index in [4.69, 9.17) is 4.74 Å². The number of benzene rings is 1. The van der Waals surface area contributed by atoms with Gasteiger partial charge in [-0.15, -0.1) is 0 Å². The number of hydrogen-bond donors (Lipinski definition) is 2. The molecule has 1 amide bonds. The zero-order chi connectivity index (χ0) is 13.4. The van der Waals surface area contributed by atoms with Crippen LogP contribution in [0.3, 0.4) is 0 Å². The molecule has 0 aliphatic rings. The Morgan fingerprint density at radius 3 is 2.78 bits per heavy atom. The van der Waals surface area contributed by atoms with Crippen LogP contribution in [0.1, 0.15) is 17.3 Å². The third kappa shape index (κ3) is 4.97. The Morgan fingerprint density at radius 2 is 2.11 bits per heavy atom. The summed E-state index contributed by atoms with van der Waals surface area (Å²) in [7, 11) is 1.58. The fraction of sp³-hybridized carbons (Fsp3) is 0.385. The normalized spacial score (nSPS) is 9.89. The number of Topliss-reactive ketones (excluding diaryl/α,β-unsaturated/α-hetero) is 1. The van der Waals surface area contributed by atoms with Crippen LogP contribution in [0.5, 0.6) is 0 Å². The van der Waals surface area contributed by atoms with Gasteiger partial charge in [0.05, 0.1) is 13.2 Å². The summed E-state index contributed by atoms with van der Waals surface area (Å²) in [5.74, 6) is -0.108. The van der Waals surface area contributed by atoms with E-state index in [0.29, 0.717) is 18.7 Å². The molecule has 98 valence electrons. The van der Waals surface area contributed by atoms with Crippen LogP contribution < -0.4 is 10.6 Å². The maximum atomic E-state index is 11.4. The zero-order valence-corrected chi connectivity index (χ0v) is 10.7. The van der Waals surface area contributed by atoms with Crippen molar-refractivity contribution in [2.45, 2.75) is 6.92 Å². The van der Waals surface area contributed by atoms with Gasteiger partial charge in [0.15, 0.2) is 5.78 Å². The van der Waals surface area contributed by atoms with Gasteiger partial charge in [0, 0.05) is 24.9 Å². The van der Waals surface area contributed by atoms with Crippen molar-refractivity contribution in [3.05, 3.63) is 29.8 Å². The van der Waals surface area contributed by atoms with Crippen molar-refractivity contribution >= 4 is 17.4 Å². The standard InChI is InChI=1S/C13H18N2O3/c1-10(16)11-4-3-5-12(8-11)15-9-13(17)14-6-7-18-2/h3-5,8,15H,6-7,9H2,1-2H3,(H,14,17). The molecule has 0 radical (unpaired) electrons. The van der Waals surface area contributed by atoms with Crippen molar-refractivity contribution in [1.82, 2.24) is 5.32 Å². The number of ketones is 1. The molecule has 0 fully saturated rings. The highest BCUT2D eigenvalue weighted by Crippen LogP contribution is 2.10. The fourth-order valence-electron chi connectivity index (χ4n) is 1.39. The second kappa shape index (κ2) is 7.45. The lowest BCUT2D eigenvalue weighted by Crippen LogP contribution is -2.32. The molecule has 1 aromatic carbocycles. The number of methoxy groups -OCH3 is 1. The molecule has 0 unspecified atom stereocenters. The lowest BCUT2D eigenvalue weighted by molar-refractivity contribution is -0.119. The molecule has 18 heavy (non-hydrogen) atoms. The molecule has 1 rings (SSSR count). The van der Waals surface area contributed by atoms with Crippen molar-refractivity contribution in [1.29, 1.82) is 0 Å². The quantitative estimate of drug-likeness (QED) is 0.561. The van der Waals surface area contributed by atoms with Crippen LogP contribution in [0, 0.1) is 0 Å². The van der Waals surface area contributed by atoms with E-state index in [1.165, 1.54) is 6.92 Å². The van der Waals surface area contributed by atoms with E-state index in [2.05, 4.69) is 10.6 Å². The zero-order valence-electron chi connectivity index (χ0n) is 10.7. The second-order valence-electron chi connectivity index (χ2n) is 3.83. The first kappa shape index (κ1) is 14.2. The Bertz CT molecular complexity index is 418. The second-order valence-corrected chi connectivity index (χ2v) is 3.83. The van der Waals surface area contributed by atoms with Gasteiger partial charge >= 0.3 is 0 Å². The van der Waals surface area contributed by atoms with E-state index in [0.717, 1.165) is 5.69 Å². The van der Waals surface area contributed by atoms with Crippen molar-refractivity contribution in [3.8, 4) is 0 Å². The third-order valence-electron chi connectivity index (χ3n) is 2.35. The highest BCUT2D eigenvalue weighted by molar-refractivity contribution is 5.95. The summed E-state index contributed by atoms with van der Waals surface area (Å²) in [6, 6.07) is 7.06. The first-order valence-electron chi connectivity index (χ1n) is 5.74. The van der Waals surface area contributed by atoms with Crippen LogP contribution >= 0.6 is 0 Å². The number of carbonyl (C=O) groups excluding carboxylic acids is 2. The minimum absolute atomic E-state index is 0.00296. The summed E-state index contributed by atoms with van der Waals surface area (Å²) < 4.78 is 4.82. The Balaban J connectivity index is 2.41. The number of carbonyl (C=O) groups is 2. The van der Waals surface area contributed by atoms with Gasteiger partial charge in [-0.3, -0.25) is 9.59 Å². The molecular formula is C13H18N2O3. The molecule has 5 nitrogen and oxygen atoms in total. The average molecular weight is 250 g/mol. The van der Waals surface area contributed by atoms with E-state index in [-0.39, 0.29) is 18.2 Å². The molecule has 0 heterocycles. The molecule has 0 aliphatic carbocycles. The highest BCUT2D eigenvalue weighted by Gasteiger charge is 2.02. The third-order valence-corrected chi connectivity index (χ3v) is 2.35. The van der Waals surface area contributed by atoms with Crippen LogP contribution in [-0.4, -0.2) is 38.5 Å². The SMILES string of the molecule is COCCNC(=O)CNc1cccc(C(C)=O)c1. The summed E-state index contributed by atoms with van der Waals surface area (Å²) in [5, 5.41) is 5.66. The largest absolute Gasteiger partial charge is 0.383 e. The number of ether oxygens (including phenoxy) is 1. The summed E-state index contributed by atoms with van der Waals surface area (Å²) >= 11 is 0. The van der Waals surface area contributed by atoms with Crippen LogP contribution in [0.15, 0.2) is 24.3 Å². The average Bonchev–Trinajstić information content (AvgIpc) is 2.37. The Hall–Kier alpha value is -1.88. The summed E-state index contributed by atoms with van der Waals surface area (Å²) in [4.78, 5) is 22.6. The number of rotatable bonds is 7. The Morgan fingerprint density at radius 1 is 1.33 bits per heavy atom. The van der Waals surface area contributed by atoms with Crippen molar-refractivity contribution in [3.63, 3.8) is 0 Å². The topological polar surface area (TPSA) is 67.4 Å². The summed E-state index contributed by atoms with van der Waals surface area (Å²) in [6.07, 6.45) is 0. The van der Waals surface area contributed by atoms with Crippen molar-refractivity contribution in [2.75, 3.05) is 32.1 Å². The molecule has 0 spiro atoms. The fourth-order valence-corrected chi connectivity index (χ4v) is 1.39. The minimum Gasteiger partial charge on any atom is -0.383 e. The maximum Gasteiger partial charge on any atom is 0.239 e. The predicted molar refractivity (Wildman–Crippen MR) is 69.8 cm³/mol. The van der Waals surface area contributed by atoms with Gasteiger partial charge in [0.25, 0.3) is 0 Å². The Labute approximate surface area is 107 Å². The van der Waals surface area contributed by atoms with Gasteiger partial charge in [-0.05, 0) is 19.1 Å². The molecule has 0 saturated heterocycles. The van der Waals surface area contributed by atoms with Gasteiger partial charge in [0.2, 0.25) is 5.91 Å². The number of nitrogens with one attached hydrogen (secondary N) is 2. The predicted octanol–water partition coefficient (Wildman–Crippen LogP) is 1.06. The van der Waals surface area contributed by atoms with Gasteiger partial charge in [-0.25, -0.2) is 0 Å². The molecule has 2 N–H and O–H groups in total. The van der Waals surface area contributed by atoms with Gasteiger partial charge in [-0.1, -0.05) is 12.1 Å². The number of amides is 1. The van der Waals surface area contributed by atoms with Gasteiger partial charge < -0.3 is 15.4 Å². The Kier molecular flexibility index (Phi) is 5.87. The molecule has 5 heteroatoms. The summed E-state index contributed by atoms with van der Waals surface area (Å²) in [6.45, 7) is 2.66. The van der Waals surface area contributed by atoms with E-state index in [1.807, 2.05) is 6.07 Å². The minimum atomic E-state index is -0.111. The lowest BCUT2D eigenvalue weighted by atomic mass is 10.1. The lowest BCUT2D eigenvalue weighted by Gasteiger charge is -2.08. The summed E-state index contributed by atoms with van der Waals surface area (Å²) in [5.41, 5.74) is 1.38. The van der Waals surface area contributed by atoms with Crippen molar-refractivity contribution in [2.24, 2.45) is 0 Å². The first-order chi connectivity index (χ1) is 8.63. The number of hydrogen-bond acceptors (Lipinski definition) is 4.